The van der Waals surface area contributed by atoms with Gasteiger partial charge in [-0.25, -0.2) is 8.42 Å². The van der Waals surface area contributed by atoms with E-state index in [2.05, 4.69) is 0 Å². The fraction of sp³-hybridized carbons (Fsp3) is 0.500. The molecule has 1 amide bonds. The smallest absolute Gasteiger partial charge is 0.253 e. The Balaban J connectivity index is 3.35. The molecule has 0 aliphatic heterocycles. The van der Waals surface area contributed by atoms with E-state index in [9.17, 15) is 13.2 Å². The van der Waals surface area contributed by atoms with E-state index in [1.807, 2.05) is 6.92 Å². The fourth-order valence-electron chi connectivity index (χ4n) is 1.90. The molecule has 0 spiro atoms. The van der Waals surface area contributed by atoms with E-state index in [1.54, 1.807) is 20.9 Å². The molecule has 0 bridgehead atoms. The van der Waals surface area contributed by atoms with Crippen LogP contribution in [0.1, 0.15) is 31.1 Å². The first kappa shape index (κ1) is 17.9. The highest BCUT2D eigenvalue weighted by Crippen LogP contribution is 2.26. The first-order valence-corrected chi connectivity index (χ1v) is 8.66. The van der Waals surface area contributed by atoms with E-state index in [4.69, 9.17) is 11.6 Å². The summed E-state index contributed by atoms with van der Waals surface area (Å²) in [6.45, 7) is 6.61. The topological polar surface area (TPSA) is 57.7 Å². The number of hydrogen-bond donors (Lipinski definition) is 0. The van der Waals surface area contributed by atoms with Gasteiger partial charge in [0.05, 0.1) is 5.02 Å². The van der Waals surface area contributed by atoms with Crippen molar-refractivity contribution >= 4 is 27.5 Å². The number of hydrogen-bond acceptors (Lipinski definition) is 3. The molecule has 0 unspecified atom stereocenters. The summed E-state index contributed by atoms with van der Waals surface area (Å²) in [4.78, 5) is 13.6. The van der Waals surface area contributed by atoms with Gasteiger partial charge in [-0.3, -0.25) is 4.79 Å². The highest BCUT2D eigenvalue weighted by molar-refractivity contribution is 7.89. The predicted molar refractivity (Wildman–Crippen MR) is 84.2 cm³/mol. The van der Waals surface area contributed by atoms with Crippen LogP contribution in [0.2, 0.25) is 5.02 Å². The van der Waals surface area contributed by atoms with Crippen molar-refractivity contribution in [1.82, 2.24) is 9.21 Å². The molecule has 0 radical (unpaired) electrons. The molecule has 1 rings (SSSR count). The average Bonchev–Trinajstić information content (AvgIpc) is 2.46. The molecule has 0 fully saturated rings. The standard InChI is InChI=1S/C14H21ClN2O3S/c1-5-16(4)14(18)11-8-9-12(15)13(10-11)21(19,20)17(6-2)7-3/h8-10H,5-7H2,1-4H3. The Labute approximate surface area is 131 Å². The average molecular weight is 333 g/mol. The van der Waals surface area contributed by atoms with Gasteiger partial charge in [-0.2, -0.15) is 4.31 Å². The normalized spacial score (nSPS) is 11.7. The molecule has 0 heterocycles. The molecule has 0 aromatic heterocycles. The lowest BCUT2D eigenvalue weighted by molar-refractivity contribution is 0.0802. The Bertz CT molecular complexity index is 613. The van der Waals surface area contributed by atoms with E-state index in [-0.39, 0.29) is 15.8 Å². The molecule has 0 N–H and O–H groups in total. The molecule has 118 valence electrons. The van der Waals surface area contributed by atoms with Gasteiger partial charge in [0.2, 0.25) is 10.0 Å². The lowest BCUT2D eigenvalue weighted by atomic mass is 10.2. The minimum Gasteiger partial charge on any atom is -0.342 e. The number of carbonyl (C=O) groups is 1. The van der Waals surface area contributed by atoms with Crippen molar-refractivity contribution in [1.29, 1.82) is 0 Å². The van der Waals surface area contributed by atoms with Crippen LogP contribution in [0.4, 0.5) is 0 Å². The minimum absolute atomic E-state index is 0.0248. The quantitative estimate of drug-likeness (QED) is 0.804. The summed E-state index contributed by atoms with van der Waals surface area (Å²) in [6, 6.07) is 4.34. The Hall–Kier alpha value is -1.11. The Morgan fingerprint density at radius 1 is 1.14 bits per heavy atom. The summed E-state index contributed by atoms with van der Waals surface area (Å²) in [5.74, 6) is -0.231. The molecule has 0 aliphatic rings. The van der Waals surface area contributed by atoms with Gasteiger partial charge in [-0.05, 0) is 25.1 Å². The molecular weight excluding hydrogens is 312 g/mol. The summed E-state index contributed by atoms with van der Waals surface area (Å²) >= 11 is 6.03. The summed E-state index contributed by atoms with van der Waals surface area (Å²) in [6.07, 6.45) is 0. The van der Waals surface area contributed by atoms with Gasteiger partial charge in [0.15, 0.2) is 0 Å². The van der Waals surface area contributed by atoms with Crippen LogP contribution < -0.4 is 0 Å². The number of rotatable bonds is 6. The third kappa shape index (κ3) is 3.75. The van der Waals surface area contributed by atoms with Crippen molar-refractivity contribution in [2.75, 3.05) is 26.7 Å². The fourth-order valence-corrected chi connectivity index (χ4v) is 3.86. The number of benzene rings is 1. The minimum atomic E-state index is -3.69. The maximum atomic E-state index is 12.5. The molecule has 0 atom stereocenters. The van der Waals surface area contributed by atoms with E-state index in [0.29, 0.717) is 25.2 Å². The van der Waals surface area contributed by atoms with Gasteiger partial charge in [-0.15, -0.1) is 0 Å². The summed E-state index contributed by atoms with van der Waals surface area (Å²) < 4.78 is 26.4. The van der Waals surface area contributed by atoms with Crippen molar-refractivity contribution in [3.05, 3.63) is 28.8 Å². The second-order valence-corrected chi connectivity index (χ2v) is 6.87. The number of sulfonamides is 1. The van der Waals surface area contributed by atoms with Crippen molar-refractivity contribution in [3.8, 4) is 0 Å². The van der Waals surface area contributed by atoms with Crippen LogP contribution in [0.5, 0.6) is 0 Å². The van der Waals surface area contributed by atoms with Crippen molar-refractivity contribution < 1.29 is 13.2 Å². The first-order valence-electron chi connectivity index (χ1n) is 6.84. The van der Waals surface area contributed by atoms with Crippen LogP contribution in [-0.2, 0) is 10.0 Å². The van der Waals surface area contributed by atoms with Crippen LogP contribution in [0.25, 0.3) is 0 Å². The zero-order chi connectivity index (χ0) is 16.2. The second-order valence-electron chi connectivity index (χ2n) is 4.55. The molecule has 5 nitrogen and oxygen atoms in total. The van der Waals surface area contributed by atoms with Gasteiger partial charge in [0.25, 0.3) is 5.91 Å². The third-order valence-electron chi connectivity index (χ3n) is 3.32. The molecule has 0 saturated carbocycles. The lowest BCUT2D eigenvalue weighted by Gasteiger charge is -2.20. The second kappa shape index (κ2) is 7.24. The first-order chi connectivity index (χ1) is 9.79. The van der Waals surface area contributed by atoms with Crippen molar-refractivity contribution in [2.45, 2.75) is 25.7 Å². The predicted octanol–water partition coefficient (Wildman–Crippen LogP) is 2.46. The van der Waals surface area contributed by atoms with Gasteiger partial charge < -0.3 is 4.90 Å². The van der Waals surface area contributed by atoms with Gasteiger partial charge in [0.1, 0.15) is 4.90 Å². The van der Waals surface area contributed by atoms with Crippen molar-refractivity contribution in [3.63, 3.8) is 0 Å². The largest absolute Gasteiger partial charge is 0.342 e. The summed E-state index contributed by atoms with van der Waals surface area (Å²) in [7, 11) is -2.03. The Kier molecular flexibility index (Phi) is 6.19. The molecular formula is C14H21ClN2O3S. The maximum absolute atomic E-state index is 12.5. The Morgan fingerprint density at radius 2 is 1.71 bits per heavy atom. The molecule has 21 heavy (non-hydrogen) atoms. The van der Waals surface area contributed by atoms with Gasteiger partial charge in [-0.1, -0.05) is 25.4 Å². The van der Waals surface area contributed by atoms with Crippen LogP contribution in [0.3, 0.4) is 0 Å². The van der Waals surface area contributed by atoms with E-state index in [0.717, 1.165) is 0 Å². The van der Waals surface area contributed by atoms with Gasteiger partial charge in [0, 0.05) is 32.2 Å². The number of amides is 1. The molecule has 7 heteroatoms. The van der Waals surface area contributed by atoms with E-state index >= 15 is 0 Å². The SMILES string of the molecule is CCN(C)C(=O)c1ccc(Cl)c(S(=O)(=O)N(CC)CC)c1. The van der Waals surface area contributed by atoms with Gasteiger partial charge >= 0.3 is 0 Å². The zero-order valence-electron chi connectivity index (χ0n) is 12.8. The number of nitrogens with zero attached hydrogens (tertiary/aromatic N) is 2. The maximum Gasteiger partial charge on any atom is 0.253 e. The van der Waals surface area contributed by atoms with E-state index < -0.39 is 10.0 Å². The highest BCUT2D eigenvalue weighted by atomic mass is 35.5. The molecule has 0 saturated heterocycles. The third-order valence-corrected chi connectivity index (χ3v) is 5.85. The van der Waals surface area contributed by atoms with Crippen LogP contribution in [-0.4, -0.2) is 50.2 Å². The van der Waals surface area contributed by atoms with Crippen LogP contribution in [0.15, 0.2) is 23.1 Å². The monoisotopic (exact) mass is 332 g/mol. The number of carbonyl (C=O) groups excluding carboxylic acids is 1. The molecule has 1 aromatic rings. The number of halogens is 1. The summed E-state index contributed by atoms with van der Waals surface area (Å²) in [5.41, 5.74) is 0.314. The molecule has 1 aromatic carbocycles. The zero-order valence-corrected chi connectivity index (χ0v) is 14.3. The van der Waals surface area contributed by atoms with Crippen molar-refractivity contribution in [2.24, 2.45) is 0 Å². The van der Waals surface area contributed by atoms with Crippen LogP contribution >= 0.6 is 11.6 Å². The molecule has 0 aliphatic carbocycles. The Morgan fingerprint density at radius 3 is 2.19 bits per heavy atom. The van der Waals surface area contributed by atoms with E-state index in [1.165, 1.54) is 27.4 Å². The lowest BCUT2D eigenvalue weighted by Crippen LogP contribution is -2.31. The highest BCUT2D eigenvalue weighted by Gasteiger charge is 2.25. The summed E-state index contributed by atoms with van der Waals surface area (Å²) in [5, 5.41) is 0.123. The van der Waals surface area contributed by atoms with Crippen LogP contribution in [0, 0.1) is 0 Å².